The van der Waals surface area contributed by atoms with Crippen LogP contribution in [0, 0.1) is 0 Å². The van der Waals surface area contributed by atoms with E-state index in [1.54, 1.807) is 36.5 Å². The van der Waals surface area contributed by atoms with Gasteiger partial charge in [0.2, 0.25) is 17.7 Å². The summed E-state index contributed by atoms with van der Waals surface area (Å²) in [6, 6.07) is 6.89. The van der Waals surface area contributed by atoms with Crippen molar-refractivity contribution in [2.75, 3.05) is 41.0 Å². The molecule has 1 fully saturated rings. The maximum atomic E-state index is 13.1. The lowest BCUT2D eigenvalue weighted by atomic mass is 10.2. The fourth-order valence-corrected chi connectivity index (χ4v) is 3.17. The van der Waals surface area contributed by atoms with E-state index in [1.165, 1.54) is 19.1 Å². The predicted molar refractivity (Wildman–Crippen MR) is 104 cm³/mol. The molecule has 3 rings (SSSR count). The summed E-state index contributed by atoms with van der Waals surface area (Å²) in [5.74, 6) is -0.0344. The SMILES string of the molecule is COc1ccc(C(=O)N2CC(=O)N(Cc3cccnc3)CC(OC)C2)c(OC)n1. The summed E-state index contributed by atoms with van der Waals surface area (Å²) in [5.41, 5.74) is 1.17. The first-order chi connectivity index (χ1) is 14.0. The van der Waals surface area contributed by atoms with Crippen molar-refractivity contribution in [2.45, 2.75) is 12.6 Å². The van der Waals surface area contributed by atoms with Gasteiger partial charge in [-0.1, -0.05) is 6.07 Å². The van der Waals surface area contributed by atoms with Crippen molar-refractivity contribution < 1.29 is 23.8 Å². The summed E-state index contributed by atoms with van der Waals surface area (Å²) in [4.78, 5) is 37.4. The van der Waals surface area contributed by atoms with E-state index >= 15 is 0 Å². The van der Waals surface area contributed by atoms with Crippen LogP contribution in [0.15, 0.2) is 36.7 Å². The van der Waals surface area contributed by atoms with Crippen LogP contribution >= 0.6 is 0 Å². The molecule has 29 heavy (non-hydrogen) atoms. The molecule has 0 saturated carbocycles. The number of nitrogens with zero attached hydrogens (tertiary/aromatic N) is 4. The van der Waals surface area contributed by atoms with Crippen LogP contribution in [0.25, 0.3) is 0 Å². The molecule has 0 radical (unpaired) electrons. The average Bonchev–Trinajstić information content (AvgIpc) is 2.92. The fourth-order valence-electron chi connectivity index (χ4n) is 3.17. The predicted octanol–water partition coefficient (Wildman–Crippen LogP) is 0.993. The fraction of sp³-hybridized carbons (Fsp3) is 0.400. The smallest absolute Gasteiger partial charge is 0.259 e. The third-order valence-electron chi connectivity index (χ3n) is 4.71. The molecule has 154 valence electrons. The number of hydrogen-bond donors (Lipinski definition) is 0. The minimum Gasteiger partial charge on any atom is -0.481 e. The monoisotopic (exact) mass is 400 g/mol. The number of aromatic nitrogens is 2. The van der Waals surface area contributed by atoms with E-state index in [0.29, 0.717) is 19.0 Å². The highest BCUT2D eigenvalue weighted by Crippen LogP contribution is 2.22. The maximum Gasteiger partial charge on any atom is 0.259 e. The maximum absolute atomic E-state index is 13.1. The van der Waals surface area contributed by atoms with Gasteiger partial charge in [0.25, 0.3) is 5.91 Å². The van der Waals surface area contributed by atoms with Crippen molar-refractivity contribution in [3.63, 3.8) is 0 Å². The minimum absolute atomic E-state index is 0.0614. The lowest BCUT2D eigenvalue weighted by Gasteiger charge is -2.23. The molecule has 1 saturated heterocycles. The summed E-state index contributed by atoms with van der Waals surface area (Å²) in [7, 11) is 4.48. The number of methoxy groups -OCH3 is 3. The summed E-state index contributed by atoms with van der Waals surface area (Å²) < 4.78 is 15.8. The Labute approximate surface area is 169 Å². The molecule has 0 aromatic carbocycles. The highest BCUT2D eigenvalue weighted by atomic mass is 16.5. The summed E-state index contributed by atoms with van der Waals surface area (Å²) in [6.45, 7) is 1.00. The molecular weight excluding hydrogens is 376 g/mol. The second-order valence-corrected chi connectivity index (χ2v) is 6.59. The molecule has 2 aromatic heterocycles. The van der Waals surface area contributed by atoms with Crippen LogP contribution in [0.4, 0.5) is 0 Å². The Bertz CT molecular complexity index is 861. The summed E-state index contributed by atoms with van der Waals surface area (Å²) in [5, 5.41) is 0. The Morgan fingerprint density at radius 1 is 1.17 bits per heavy atom. The third-order valence-corrected chi connectivity index (χ3v) is 4.71. The van der Waals surface area contributed by atoms with E-state index in [2.05, 4.69) is 9.97 Å². The molecule has 9 nitrogen and oxygen atoms in total. The lowest BCUT2D eigenvalue weighted by Crippen LogP contribution is -2.39. The second kappa shape index (κ2) is 9.33. The van der Waals surface area contributed by atoms with E-state index in [4.69, 9.17) is 14.2 Å². The third kappa shape index (κ3) is 4.80. The van der Waals surface area contributed by atoms with Crippen LogP contribution in [-0.2, 0) is 16.1 Å². The number of pyridine rings is 2. The molecule has 2 aromatic rings. The van der Waals surface area contributed by atoms with Gasteiger partial charge in [-0.25, -0.2) is 0 Å². The molecule has 9 heteroatoms. The number of carbonyl (C=O) groups excluding carboxylic acids is 2. The van der Waals surface area contributed by atoms with Crippen molar-refractivity contribution in [3.05, 3.63) is 47.8 Å². The molecule has 0 N–H and O–H groups in total. The topological polar surface area (TPSA) is 94.1 Å². The zero-order valence-corrected chi connectivity index (χ0v) is 16.7. The second-order valence-electron chi connectivity index (χ2n) is 6.59. The van der Waals surface area contributed by atoms with Gasteiger partial charge in [0.15, 0.2) is 0 Å². The van der Waals surface area contributed by atoms with Gasteiger partial charge >= 0.3 is 0 Å². The van der Waals surface area contributed by atoms with Crippen LogP contribution in [0.1, 0.15) is 15.9 Å². The van der Waals surface area contributed by atoms with Gasteiger partial charge in [-0.05, 0) is 17.7 Å². The largest absolute Gasteiger partial charge is 0.481 e. The van der Waals surface area contributed by atoms with Crippen molar-refractivity contribution in [2.24, 2.45) is 0 Å². The Balaban J connectivity index is 1.81. The van der Waals surface area contributed by atoms with Gasteiger partial charge in [-0.15, -0.1) is 0 Å². The van der Waals surface area contributed by atoms with Gasteiger partial charge in [0.1, 0.15) is 12.1 Å². The quantitative estimate of drug-likeness (QED) is 0.714. The number of amides is 2. The molecule has 0 aliphatic carbocycles. The van der Waals surface area contributed by atoms with Crippen LogP contribution in [-0.4, -0.2) is 78.6 Å². The van der Waals surface area contributed by atoms with Gasteiger partial charge in [0.05, 0.1) is 20.3 Å². The highest BCUT2D eigenvalue weighted by Gasteiger charge is 2.32. The van der Waals surface area contributed by atoms with Crippen molar-refractivity contribution in [3.8, 4) is 11.8 Å². The molecule has 1 unspecified atom stereocenters. The standard InChI is InChI=1S/C20H24N4O5/c1-27-15-11-23(10-14-5-4-8-21-9-14)18(25)13-24(12-15)20(26)16-6-7-17(28-2)22-19(16)29-3/h4-9,15H,10-13H2,1-3H3. The molecule has 2 amide bonds. The average molecular weight is 400 g/mol. The van der Waals surface area contributed by atoms with E-state index in [-0.39, 0.29) is 42.5 Å². The van der Waals surface area contributed by atoms with Crippen LogP contribution in [0.2, 0.25) is 0 Å². The molecule has 1 atom stereocenters. The first kappa shape index (κ1) is 20.5. The Morgan fingerprint density at radius 2 is 2.00 bits per heavy atom. The normalized spacial score (nSPS) is 17.1. The molecule has 0 spiro atoms. The number of hydrogen-bond acceptors (Lipinski definition) is 7. The molecule has 1 aliphatic rings. The van der Waals surface area contributed by atoms with E-state index < -0.39 is 0 Å². The Hall–Kier alpha value is -3.20. The van der Waals surface area contributed by atoms with Gasteiger partial charge in [-0.2, -0.15) is 4.98 Å². The number of carbonyl (C=O) groups is 2. The first-order valence-corrected chi connectivity index (χ1v) is 9.13. The number of ether oxygens (including phenoxy) is 3. The van der Waals surface area contributed by atoms with Crippen molar-refractivity contribution in [1.82, 2.24) is 19.8 Å². The Kier molecular flexibility index (Phi) is 6.61. The molecule has 1 aliphatic heterocycles. The minimum atomic E-state index is -0.351. The van der Waals surface area contributed by atoms with E-state index in [1.807, 2.05) is 12.1 Å². The first-order valence-electron chi connectivity index (χ1n) is 9.13. The molecular formula is C20H24N4O5. The Morgan fingerprint density at radius 3 is 2.66 bits per heavy atom. The number of rotatable bonds is 6. The zero-order valence-electron chi connectivity index (χ0n) is 16.7. The highest BCUT2D eigenvalue weighted by molar-refractivity contribution is 5.98. The summed E-state index contributed by atoms with van der Waals surface area (Å²) in [6.07, 6.45) is 3.08. The van der Waals surface area contributed by atoms with E-state index in [0.717, 1.165) is 5.56 Å². The van der Waals surface area contributed by atoms with Crippen LogP contribution in [0.3, 0.4) is 0 Å². The zero-order chi connectivity index (χ0) is 20.8. The van der Waals surface area contributed by atoms with Gasteiger partial charge < -0.3 is 24.0 Å². The molecule has 3 heterocycles. The van der Waals surface area contributed by atoms with Crippen LogP contribution in [0.5, 0.6) is 11.8 Å². The van der Waals surface area contributed by atoms with Gasteiger partial charge in [-0.3, -0.25) is 14.6 Å². The summed E-state index contributed by atoms with van der Waals surface area (Å²) >= 11 is 0. The lowest BCUT2D eigenvalue weighted by molar-refractivity contribution is -0.132. The van der Waals surface area contributed by atoms with Crippen molar-refractivity contribution in [1.29, 1.82) is 0 Å². The van der Waals surface area contributed by atoms with Crippen molar-refractivity contribution >= 4 is 11.8 Å². The van der Waals surface area contributed by atoms with Gasteiger partial charge in [0, 0.05) is 45.2 Å². The van der Waals surface area contributed by atoms with Crippen LogP contribution < -0.4 is 9.47 Å². The molecule has 0 bridgehead atoms. The van der Waals surface area contributed by atoms with E-state index in [9.17, 15) is 9.59 Å².